The molecule has 15 N–H and O–H groups in total. The molecule has 4 heterocycles. The van der Waals surface area contributed by atoms with Crippen LogP contribution in [-0.2, 0) is 33.4 Å². The van der Waals surface area contributed by atoms with Gasteiger partial charge in [-0.25, -0.2) is 14.6 Å². The first-order valence-electron chi connectivity index (χ1n) is 20.5. The summed E-state index contributed by atoms with van der Waals surface area (Å²) in [6.45, 7) is 7.35. The summed E-state index contributed by atoms with van der Waals surface area (Å²) in [5, 5.41) is 59.5. The van der Waals surface area contributed by atoms with Gasteiger partial charge in [-0.05, 0) is 37.6 Å². The van der Waals surface area contributed by atoms with Gasteiger partial charge in [-0.1, -0.05) is 27.7 Å². The number of aromatic nitrogens is 2. The van der Waals surface area contributed by atoms with E-state index >= 15 is 0 Å². The summed E-state index contributed by atoms with van der Waals surface area (Å²) in [6, 6.07) is -5.12. The first-order valence-corrected chi connectivity index (χ1v) is 20.5. The van der Waals surface area contributed by atoms with Gasteiger partial charge in [0.1, 0.15) is 67.4 Å². The number of hydrogen-bond donors (Lipinski definition) is 13. The summed E-state index contributed by atoms with van der Waals surface area (Å²) in [6.07, 6.45) is -11.3. The fraction of sp³-hybridized carbons (Fsp3) is 0.730. The minimum Gasteiger partial charge on any atom is -0.387 e. The number of nitrogens with one attached hydrogen (secondary N) is 7. The van der Waals surface area contributed by atoms with Gasteiger partial charge in [0.2, 0.25) is 11.8 Å². The molecule has 62 heavy (non-hydrogen) atoms. The van der Waals surface area contributed by atoms with Crippen LogP contribution in [0.25, 0.3) is 0 Å². The normalized spacial score (nSPS) is 28.5. The Kier molecular flexibility index (Phi) is 18.5. The van der Waals surface area contributed by atoms with Crippen LogP contribution in [-0.4, -0.2) is 172 Å². The van der Waals surface area contributed by atoms with E-state index in [1.54, 1.807) is 13.8 Å². The van der Waals surface area contributed by atoms with Gasteiger partial charge < -0.3 is 87.6 Å². The smallest absolute Gasteiger partial charge is 0.330 e. The van der Waals surface area contributed by atoms with Crippen molar-refractivity contribution in [2.75, 3.05) is 26.2 Å². The minimum absolute atomic E-state index is 0.00939. The molecule has 3 aliphatic rings. The maximum atomic E-state index is 13.8. The molecule has 1 aromatic heterocycles. The third-order valence-corrected chi connectivity index (χ3v) is 10.6. The predicted molar refractivity (Wildman–Crippen MR) is 217 cm³/mol. The van der Waals surface area contributed by atoms with Crippen molar-refractivity contribution >= 4 is 36.4 Å². The molecular formula is C37H61N11O14. The van der Waals surface area contributed by atoms with E-state index in [2.05, 4.69) is 36.9 Å². The Bertz CT molecular complexity index is 1830. The summed E-state index contributed by atoms with van der Waals surface area (Å²) in [5.41, 5.74) is 9.82. The van der Waals surface area contributed by atoms with Gasteiger partial charge in [-0.2, -0.15) is 0 Å². The lowest BCUT2D eigenvalue weighted by Crippen LogP contribution is -2.61. The van der Waals surface area contributed by atoms with Gasteiger partial charge in [0.15, 0.2) is 18.5 Å². The van der Waals surface area contributed by atoms with Gasteiger partial charge in [0.25, 0.3) is 5.56 Å². The standard InChI is InChI=1S/C37H61N11O14/c1-16(2)12-19(43-32(57)24(18-6-10-42-35(39)44-18)47-36(58)45-20(14-49)17(3)4)31(56)41-9-5-8-40-21(15-50)29(62-34-28(55)25(52)22(13-38)60-34)30-26(53)27(54)33(61-30)48-11-7-23(51)46-37(48)59/h7,11,14-22,24-30,33-34,40,52-55H,5-6,8-10,12-13,38H2,1-4H3,(H,41,56)(H,43,57)(H3,39,42,44)(H2,45,47,58)(H,46,51,59)/t18-,19-,20+,21+,22+,24-,25+,26-,27+,28+,29-,30-,33+,34-/m0/s1. The first-order chi connectivity index (χ1) is 29.4. The van der Waals surface area contributed by atoms with E-state index in [1.165, 1.54) is 0 Å². The van der Waals surface area contributed by atoms with Crippen molar-refractivity contribution in [1.82, 2.24) is 41.5 Å². The van der Waals surface area contributed by atoms with E-state index in [0.29, 0.717) is 25.5 Å². The highest BCUT2D eigenvalue weighted by Gasteiger charge is 2.53. The monoisotopic (exact) mass is 883 g/mol. The second-order valence-corrected chi connectivity index (χ2v) is 16.1. The second kappa shape index (κ2) is 23.0. The zero-order chi connectivity index (χ0) is 45.8. The third kappa shape index (κ3) is 12.9. The van der Waals surface area contributed by atoms with Crippen LogP contribution < -0.4 is 54.6 Å². The average molecular weight is 884 g/mol. The summed E-state index contributed by atoms with van der Waals surface area (Å²) in [5.74, 6) is -1.51. The Labute approximate surface area is 356 Å². The number of aromatic amines is 1. The van der Waals surface area contributed by atoms with E-state index in [9.17, 15) is 54.0 Å². The number of hydrogen-bond acceptors (Lipinski definition) is 19. The van der Waals surface area contributed by atoms with E-state index < -0.39 is 115 Å². The molecule has 2 saturated heterocycles. The predicted octanol–water partition coefficient (Wildman–Crippen LogP) is -6.29. The molecule has 1 aromatic rings. The lowest BCUT2D eigenvalue weighted by molar-refractivity contribution is -0.225. The maximum Gasteiger partial charge on any atom is 0.330 e. The van der Waals surface area contributed by atoms with Crippen LogP contribution in [0.5, 0.6) is 0 Å². The number of carbonyl (C=O) groups is 5. The first kappa shape index (κ1) is 49.8. The Morgan fingerprint density at radius 1 is 0.968 bits per heavy atom. The molecular weight excluding hydrogens is 822 g/mol. The summed E-state index contributed by atoms with van der Waals surface area (Å²) < 4.78 is 18.2. The highest BCUT2D eigenvalue weighted by atomic mass is 16.7. The lowest BCUT2D eigenvalue weighted by Gasteiger charge is -2.33. The summed E-state index contributed by atoms with van der Waals surface area (Å²) >= 11 is 0. The third-order valence-electron chi connectivity index (χ3n) is 10.6. The molecule has 3 aliphatic heterocycles. The largest absolute Gasteiger partial charge is 0.387 e. The zero-order valence-electron chi connectivity index (χ0n) is 34.9. The number of amides is 4. The molecule has 0 saturated carbocycles. The van der Waals surface area contributed by atoms with Gasteiger partial charge >= 0.3 is 11.7 Å². The molecule has 14 atom stereocenters. The number of nitrogens with two attached hydrogens (primary N) is 2. The molecule has 25 heteroatoms. The number of H-pyrrole nitrogens is 1. The number of aliphatic hydroxyl groups is 4. The number of rotatable bonds is 22. The lowest BCUT2D eigenvalue weighted by atomic mass is 9.99. The SMILES string of the molecule is CC(C)C[C@H](NC(=O)[C@@H](NC(=O)N[C@H](C=O)C(C)C)[C@@H]1CCNC(N)=N1)C(=O)NCCCN[C@H](C=O)[C@H](O[C@@H]1O[C@H](CN)[C@@H](O)[C@H]1O)[C@H]1O[C@@H](n2ccc(=O)[nH]c2=O)[C@H](O)[C@@H]1O. The Hall–Kier alpha value is -4.86. The van der Waals surface area contributed by atoms with Crippen molar-refractivity contribution in [3.63, 3.8) is 0 Å². The Morgan fingerprint density at radius 3 is 2.27 bits per heavy atom. The zero-order valence-corrected chi connectivity index (χ0v) is 34.9. The molecule has 348 valence electrons. The highest BCUT2D eigenvalue weighted by molar-refractivity contribution is 5.93. The van der Waals surface area contributed by atoms with Crippen molar-refractivity contribution in [2.24, 2.45) is 28.3 Å². The van der Waals surface area contributed by atoms with Crippen LogP contribution in [0.2, 0.25) is 0 Å². The van der Waals surface area contributed by atoms with Crippen LogP contribution in [0.1, 0.15) is 53.2 Å². The number of ether oxygens (including phenoxy) is 3. The topological polar surface area (TPSA) is 385 Å². The molecule has 0 aliphatic carbocycles. The molecule has 0 radical (unpaired) electrons. The van der Waals surface area contributed by atoms with Crippen LogP contribution in [0.4, 0.5) is 4.79 Å². The van der Waals surface area contributed by atoms with Crippen molar-refractivity contribution < 1.29 is 58.6 Å². The summed E-state index contributed by atoms with van der Waals surface area (Å²) in [7, 11) is 0. The molecule has 0 unspecified atom stereocenters. The molecule has 4 rings (SSSR count). The molecule has 0 aromatic carbocycles. The molecule has 0 spiro atoms. The second-order valence-electron chi connectivity index (χ2n) is 16.1. The van der Waals surface area contributed by atoms with E-state index in [1.807, 2.05) is 18.8 Å². The van der Waals surface area contributed by atoms with E-state index in [0.717, 1.165) is 16.8 Å². The van der Waals surface area contributed by atoms with Gasteiger partial charge in [-0.15, -0.1) is 0 Å². The van der Waals surface area contributed by atoms with Crippen LogP contribution in [0, 0.1) is 11.8 Å². The van der Waals surface area contributed by atoms with Crippen molar-refractivity contribution in [3.8, 4) is 0 Å². The van der Waals surface area contributed by atoms with E-state index in [-0.39, 0.29) is 50.3 Å². The molecule has 25 nitrogen and oxygen atoms in total. The number of nitrogens with zero attached hydrogens (tertiary/aromatic N) is 2. The van der Waals surface area contributed by atoms with Crippen LogP contribution in [0.3, 0.4) is 0 Å². The van der Waals surface area contributed by atoms with Crippen molar-refractivity contribution in [1.29, 1.82) is 0 Å². The van der Waals surface area contributed by atoms with Crippen LogP contribution >= 0.6 is 0 Å². The van der Waals surface area contributed by atoms with Crippen molar-refractivity contribution in [2.45, 2.75) is 132 Å². The number of carbonyl (C=O) groups excluding carboxylic acids is 5. The number of aliphatic imine (C=N–C) groups is 1. The number of urea groups is 1. The summed E-state index contributed by atoms with van der Waals surface area (Å²) in [4.78, 5) is 94.9. The fourth-order valence-corrected chi connectivity index (χ4v) is 7.16. The van der Waals surface area contributed by atoms with Gasteiger partial charge in [-0.3, -0.25) is 23.9 Å². The maximum absolute atomic E-state index is 13.8. The quantitative estimate of drug-likeness (QED) is 0.0380. The van der Waals surface area contributed by atoms with Crippen LogP contribution in [0.15, 0.2) is 26.8 Å². The molecule has 2 fully saturated rings. The Balaban J connectivity index is 1.43. The highest BCUT2D eigenvalue weighted by Crippen LogP contribution is 2.34. The van der Waals surface area contributed by atoms with Gasteiger partial charge in [0, 0.05) is 31.9 Å². The minimum atomic E-state index is -1.80. The molecule has 4 amide bonds. The Morgan fingerprint density at radius 2 is 1.68 bits per heavy atom. The van der Waals surface area contributed by atoms with E-state index in [4.69, 9.17) is 25.7 Å². The average Bonchev–Trinajstić information content (AvgIpc) is 3.67. The van der Waals surface area contributed by atoms with Gasteiger partial charge in [0.05, 0.1) is 18.1 Å². The van der Waals surface area contributed by atoms with Crippen molar-refractivity contribution in [3.05, 3.63) is 33.1 Å². The number of aldehydes is 2. The fourth-order valence-electron chi connectivity index (χ4n) is 7.16. The molecule has 0 bridgehead atoms. The number of guanidine groups is 1. The number of aliphatic hydroxyl groups excluding tert-OH is 4.